The van der Waals surface area contributed by atoms with E-state index >= 15 is 0 Å². The van der Waals surface area contributed by atoms with Crippen molar-refractivity contribution in [3.05, 3.63) is 18.5 Å². The lowest BCUT2D eigenvalue weighted by atomic mass is 10.2. The molecule has 11 heavy (non-hydrogen) atoms. The molecule has 2 rings (SSSR count). The third kappa shape index (κ3) is 1.28. The summed E-state index contributed by atoms with van der Waals surface area (Å²) in [5.74, 6) is 0. The maximum Gasteiger partial charge on any atom is 0.0534 e. The number of rotatable bonds is 1. The lowest BCUT2D eigenvalue weighted by molar-refractivity contribution is 0.460. The smallest absolute Gasteiger partial charge is 0.0534 e. The Kier molecular flexibility index (Phi) is 1.66. The molecule has 0 amide bonds. The van der Waals surface area contributed by atoms with Gasteiger partial charge >= 0.3 is 0 Å². The zero-order chi connectivity index (χ0) is 7.68. The minimum Gasteiger partial charge on any atom is -0.328 e. The number of hydrogen-bond acceptors (Lipinski definition) is 2. The lowest BCUT2D eigenvalue weighted by Gasteiger charge is -2.08. The Bertz CT molecular complexity index is 217. The van der Waals surface area contributed by atoms with E-state index in [1.54, 1.807) is 0 Å². The van der Waals surface area contributed by atoms with E-state index in [1.165, 1.54) is 6.42 Å². The highest BCUT2D eigenvalue weighted by molar-refractivity contribution is 4.87. The number of nitrogens with two attached hydrogens (primary N) is 1. The van der Waals surface area contributed by atoms with Gasteiger partial charge in [0.05, 0.1) is 6.04 Å². The highest BCUT2D eigenvalue weighted by Gasteiger charge is 2.22. The number of aromatic nitrogens is 2. The van der Waals surface area contributed by atoms with E-state index in [0.29, 0.717) is 12.1 Å². The quantitative estimate of drug-likeness (QED) is 0.649. The molecule has 2 unspecified atom stereocenters. The van der Waals surface area contributed by atoms with E-state index in [4.69, 9.17) is 5.73 Å². The van der Waals surface area contributed by atoms with Crippen LogP contribution in [-0.4, -0.2) is 15.8 Å². The molecule has 0 spiro atoms. The summed E-state index contributed by atoms with van der Waals surface area (Å²) in [7, 11) is 0. The molecule has 1 aliphatic carbocycles. The molecule has 2 N–H and O–H groups in total. The molecular formula is C8H13N3. The fourth-order valence-corrected chi connectivity index (χ4v) is 1.73. The minimum absolute atomic E-state index is 0.393. The number of nitrogens with zero attached hydrogens (tertiary/aromatic N) is 2. The third-order valence-electron chi connectivity index (χ3n) is 2.34. The van der Waals surface area contributed by atoms with Gasteiger partial charge in [0, 0.05) is 18.4 Å². The molecule has 0 bridgehead atoms. The Morgan fingerprint density at radius 1 is 1.45 bits per heavy atom. The van der Waals surface area contributed by atoms with Gasteiger partial charge in [-0.3, -0.25) is 4.68 Å². The van der Waals surface area contributed by atoms with Crippen LogP contribution in [0.15, 0.2) is 18.5 Å². The Morgan fingerprint density at radius 2 is 2.36 bits per heavy atom. The van der Waals surface area contributed by atoms with Crippen molar-refractivity contribution in [1.82, 2.24) is 9.78 Å². The first-order valence-corrected chi connectivity index (χ1v) is 4.11. The van der Waals surface area contributed by atoms with Gasteiger partial charge in [0.1, 0.15) is 0 Å². The van der Waals surface area contributed by atoms with Crippen molar-refractivity contribution in [2.75, 3.05) is 0 Å². The molecular weight excluding hydrogens is 138 g/mol. The monoisotopic (exact) mass is 151 g/mol. The van der Waals surface area contributed by atoms with E-state index < -0.39 is 0 Å². The van der Waals surface area contributed by atoms with E-state index in [9.17, 15) is 0 Å². The fourth-order valence-electron chi connectivity index (χ4n) is 1.73. The van der Waals surface area contributed by atoms with Gasteiger partial charge in [-0.1, -0.05) is 0 Å². The van der Waals surface area contributed by atoms with E-state index in [2.05, 4.69) is 5.10 Å². The molecule has 1 aliphatic rings. The Labute approximate surface area is 66.2 Å². The average molecular weight is 151 g/mol. The standard InChI is InChI=1S/C8H13N3/c9-7-2-3-8(6-7)11-5-1-4-10-11/h1,4-5,7-8H,2-3,6,9H2. The van der Waals surface area contributed by atoms with Crippen molar-refractivity contribution in [3.63, 3.8) is 0 Å². The highest BCUT2D eigenvalue weighted by atomic mass is 15.3. The molecule has 1 heterocycles. The summed E-state index contributed by atoms with van der Waals surface area (Å²) >= 11 is 0. The van der Waals surface area contributed by atoms with Crippen LogP contribution in [0.5, 0.6) is 0 Å². The van der Waals surface area contributed by atoms with E-state index in [0.717, 1.165) is 12.8 Å². The van der Waals surface area contributed by atoms with Crippen LogP contribution in [0.3, 0.4) is 0 Å². The third-order valence-corrected chi connectivity index (χ3v) is 2.34. The SMILES string of the molecule is NC1CCC(n2cccn2)C1. The van der Waals surface area contributed by atoms with Gasteiger partial charge in [-0.25, -0.2) is 0 Å². The van der Waals surface area contributed by atoms with Crippen LogP contribution in [0.2, 0.25) is 0 Å². The molecule has 3 heteroatoms. The van der Waals surface area contributed by atoms with Gasteiger partial charge in [-0.05, 0) is 25.3 Å². The molecule has 1 aromatic heterocycles. The normalized spacial score (nSPS) is 31.0. The summed E-state index contributed by atoms with van der Waals surface area (Å²) in [6.07, 6.45) is 7.25. The van der Waals surface area contributed by atoms with Crippen molar-refractivity contribution in [1.29, 1.82) is 0 Å². The molecule has 0 aromatic carbocycles. The molecule has 0 radical (unpaired) electrons. The summed E-state index contributed by atoms with van der Waals surface area (Å²) in [4.78, 5) is 0. The number of hydrogen-bond donors (Lipinski definition) is 1. The van der Waals surface area contributed by atoms with Crippen molar-refractivity contribution in [2.24, 2.45) is 5.73 Å². The molecule has 3 nitrogen and oxygen atoms in total. The Hall–Kier alpha value is -0.830. The van der Waals surface area contributed by atoms with Crippen LogP contribution in [0.25, 0.3) is 0 Å². The molecule has 2 atom stereocenters. The van der Waals surface area contributed by atoms with Crippen molar-refractivity contribution >= 4 is 0 Å². The van der Waals surface area contributed by atoms with Crippen molar-refractivity contribution in [2.45, 2.75) is 31.3 Å². The summed E-state index contributed by atoms with van der Waals surface area (Å²) in [6, 6.07) is 2.91. The van der Waals surface area contributed by atoms with Crippen LogP contribution >= 0.6 is 0 Å². The van der Waals surface area contributed by atoms with Gasteiger partial charge in [0.25, 0.3) is 0 Å². The van der Waals surface area contributed by atoms with Gasteiger partial charge in [-0.15, -0.1) is 0 Å². The van der Waals surface area contributed by atoms with Crippen LogP contribution in [0, 0.1) is 0 Å². The summed E-state index contributed by atoms with van der Waals surface area (Å²) in [5.41, 5.74) is 5.79. The molecule has 1 saturated carbocycles. The van der Waals surface area contributed by atoms with Crippen LogP contribution in [-0.2, 0) is 0 Å². The second-order valence-corrected chi connectivity index (χ2v) is 3.21. The lowest BCUT2D eigenvalue weighted by Crippen LogP contribution is -2.16. The molecule has 60 valence electrons. The second-order valence-electron chi connectivity index (χ2n) is 3.21. The topological polar surface area (TPSA) is 43.8 Å². The summed E-state index contributed by atoms with van der Waals surface area (Å²) in [5, 5.41) is 4.19. The first-order chi connectivity index (χ1) is 5.36. The second kappa shape index (κ2) is 2.66. The fraction of sp³-hybridized carbons (Fsp3) is 0.625. The zero-order valence-corrected chi connectivity index (χ0v) is 6.48. The zero-order valence-electron chi connectivity index (χ0n) is 6.48. The maximum absolute atomic E-state index is 5.79. The first kappa shape index (κ1) is 6.85. The van der Waals surface area contributed by atoms with Gasteiger partial charge in [0.2, 0.25) is 0 Å². The van der Waals surface area contributed by atoms with Crippen LogP contribution < -0.4 is 5.73 Å². The van der Waals surface area contributed by atoms with Gasteiger partial charge < -0.3 is 5.73 Å². The van der Waals surface area contributed by atoms with Crippen molar-refractivity contribution in [3.8, 4) is 0 Å². The summed E-state index contributed by atoms with van der Waals surface area (Å²) in [6.45, 7) is 0. The Morgan fingerprint density at radius 3 is 2.91 bits per heavy atom. The van der Waals surface area contributed by atoms with E-state index in [-0.39, 0.29) is 0 Å². The molecule has 0 saturated heterocycles. The Balaban J connectivity index is 2.08. The maximum atomic E-state index is 5.79. The predicted octanol–water partition coefficient (Wildman–Crippen LogP) is 0.935. The molecule has 1 fully saturated rings. The van der Waals surface area contributed by atoms with Gasteiger partial charge in [0.15, 0.2) is 0 Å². The summed E-state index contributed by atoms with van der Waals surface area (Å²) < 4.78 is 2.02. The first-order valence-electron chi connectivity index (χ1n) is 4.11. The average Bonchev–Trinajstić information content (AvgIpc) is 2.55. The largest absolute Gasteiger partial charge is 0.328 e. The van der Waals surface area contributed by atoms with Crippen LogP contribution in [0.1, 0.15) is 25.3 Å². The van der Waals surface area contributed by atoms with E-state index in [1.807, 2.05) is 23.1 Å². The highest BCUT2D eigenvalue weighted by Crippen LogP contribution is 2.27. The predicted molar refractivity (Wildman–Crippen MR) is 43.1 cm³/mol. The molecule has 0 aliphatic heterocycles. The van der Waals surface area contributed by atoms with Crippen LogP contribution in [0.4, 0.5) is 0 Å². The van der Waals surface area contributed by atoms with Gasteiger partial charge in [-0.2, -0.15) is 5.10 Å². The van der Waals surface area contributed by atoms with Crippen molar-refractivity contribution < 1.29 is 0 Å². The molecule has 1 aromatic rings. The minimum atomic E-state index is 0.393.